The lowest BCUT2D eigenvalue weighted by molar-refractivity contribution is -0.117. The van der Waals surface area contributed by atoms with Crippen LogP contribution in [0.4, 0.5) is 11.6 Å². The molecule has 2 heterocycles. The molecule has 1 unspecified atom stereocenters. The first kappa shape index (κ1) is 21.7. The number of rotatable bonds is 7. The number of aliphatic hydroxyl groups is 1. The Bertz CT molecular complexity index is 1190. The van der Waals surface area contributed by atoms with Crippen LogP contribution in [0.1, 0.15) is 29.9 Å². The number of benzene rings is 1. The van der Waals surface area contributed by atoms with E-state index in [2.05, 4.69) is 20.6 Å². The van der Waals surface area contributed by atoms with Crippen molar-refractivity contribution in [3.05, 3.63) is 95.1 Å². The van der Waals surface area contributed by atoms with Crippen molar-refractivity contribution in [2.24, 2.45) is 0 Å². The fourth-order valence-electron chi connectivity index (χ4n) is 3.17. The number of thiophene rings is 1. The number of anilines is 2. The minimum Gasteiger partial charge on any atom is -0.389 e. The number of nitrogens with zero attached hydrogens (tertiary/aromatic N) is 2. The van der Waals surface area contributed by atoms with Crippen LogP contribution < -0.4 is 10.6 Å². The summed E-state index contributed by atoms with van der Waals surface area (Å²) in [6.07, 6.45) is 11.6. The summed E-state index contributed by atoms with van der Waals surface area (Å²) >= 11 is 1.58. The van der Waals surface area contributed by atoms with Gasteiger partial charge in [-0.05, 0) is 55.3 Å². The van der Waals surface area contributed by atoms with Crippen molar-refractivity contribution in [1.29, 1.82) is 0 Å². The van der Waals surface area contributed by atoms with E-state index in [1.54, 1.807) is 24.5 Å². The molecule has 0 saturated heterocycles. The summed E-state index contributed by atoms with van der Waals surface area (Å²) in [6.45, 7) is 2.19. The third-order valence-electron chi connectivity index (χ3n) is 4.86. The number of carbonyl (C=O) groups excluding carboxylic acids is 1. The highest BCUT2D eigenvalue weighted by molar-refractivity contribution is 7.15. The van der Waals surface area contributed by atoms with E-state index in [0.717, 1.165) is 33.1 Å². The number of nitrogens with one attached hydrogen (secondary N) is 2. The second kappa shape index (κ2) is 10.2. The summed E-state index contributed by atoms with van der Waals surface area (Å²) in [5, 5.41) is 15.9. The molecule has 1 amide bonds. The molecule has 0 spiro atoms. The summed E-state index contributed by atoms with van der Waals surface area (Å²) in [6, 6.07) is 13.4. The molecule has 0 bridgehead atoms. The van der Waals surface area contributed by atoms with Crippen LogP contribution in [-0.2, 0) is 11.3 Å². The van der Waals surface area contributed by atoms with E-state index in [1.807, 2.05) is 72.8 Å². The second-order valence-corrected chi connectivity index (χ2v) is 8.50. The normalized spacial score (nSPS) is 13.9. The van der Waals surface area contributed by atoms with E-state index in [1.165, 1.54) is 0 Å². The van der Waals surface area contributed by atoms with E-state index < -0.39 is 6.10 Å². The summed E-state index contributed by atoms with van der Waals surface area (Å²) in [5.74, 6) is 0.393. The molecular formula is C25H24N4O2S. The third-order valence-corrected chi connectivity index (χ3v) is 5.97. The zero-order chi connectivity index (χ0) is 22.3. The summed E-state index contributed by atoms with van der Waals surface area (Å²) in [5.41, 5.74) is 3.09. The summed E-state index contributed by atoms with van der Waals surface area (Å²) in [7, 11) is 0. The number of amides is 1. The van der Waals surface area contributed by atoms with Gasteiger partial charge in [-0.25, -0.2) is 9.97 Å². The van der Waals surface area contributed by atoms with Crippen LogP contribution in [0, 0.1) is 0 Å². The van der Waals surface area contributed by atoms with Gasteiger partial charge in [0.15, 0.2) is 0 Å². The van der Waals surface area contributed by atoms with Crippen LogP contribution in [0.2, 0.25) is 0 Å². The van der Waals surface area contributed by atoms with Crippen LogP contribution in [0.15, 0.2) is 84.6 Å². The van der Waals surface area contributed by atoms with Gasteiger partial charge in [-0.15, -0.1) is 11.3 Å². The lowest BCUT2D eigenvalue weighted by atomic mass is 10.1. The lowest BCUT2D eigenvalue weighted by Gasteiger charge is -2.09. The SMILES string of the molecule is CC(O)c1cccc(Nc2nccc(-c3ccc(CNC(=O)C4=CC=CCC=C4)s3)n2)c1. The minimum atomic E-state index is -0.541. The van der Waals surface area contributed by atoms with Gasteiger partial charge < -0.3 is 15.7 Å². The highest BCUT2D eigenvalue weighted by Gasteiger charge is 2.10. The van der Waals surface area contributed by atoms with Crippen LogP contribution in [0.5, 0.6) is 0 Å². The first-order valence-electron chi connectivity index (χ1n) is 10.4. The standard InChI is InChI=1S/C25H24N4O2S/c1-17(30)19-9-6-10-20(15-19)28-25-26-14-13-22(29-25)23-12-11-21(32-23)16-27-24(31)18-7-4-2-3-5-8-18/h2,4-15,17,30H,3,16H2,1H3,(H,27,31)(H,26,28,29). The van der Waals surface area contributed by atoms with Crippen LogP contribution >= 0.6 is 11.3 Å². The number of aliphatic hydroxyl groups excluding tert-OH is 1. The zero-order valence-electron chi connectivity index (χ0n) is 17.7. The van der Waals surface area contributed by atoms with Crippen LogP contribution in [-0.4, -0.2) is 21.0 Å². The van der Waals surface area contributed by atoms with Gasteiger partial charge in [0.1, 0.15) is 0 Å². The molecule has 1 atom stereocenters. The Morgan fingerprint density at radius 3 is 3.00 bits per heavy atom. The Morgan fingerprint density at radius 2 is 2.12 bits per heavy atom. The van der Waals surface area contributed by atoms with Gasteiger partial charge in [0.05, 0.1) is 23.2 Å². The molecule has 1 aliphatic carbocycles. The smallest absolute Gasteiger partial charge is 0.251 e. The first-order chi connectivity index (χ1) is 15.6. The maximum Gasteiger partial charge on any atom is 0.251 e. The Labute approximate surface area is 191 Å². The molecule has 32 heavy (non-hydrogen) atoms. The number of aromatic nitrogens is 2. The number of hydrogen-bond donors (Lipinski definition) is 3. The van der Waals surface area contributed by atoms with E-state index in [0.29, 0.717) is 18.1 Å². The minimum absolute atomic E-state index is 0.0873. The lowest BCUT2D eigenvalue weighted by Crippen LogP contribution is -2.23. The molecule has 3 aromatic rings. The molecule has 0 saturated carbocycles. The van der Waals surface area contributed by atoms with E-state index >= 15 is 0 Å². The fraction of sp³-hybridized carbons (Fsp3) is 0.160. The first-order valence-corrected chi connectivity index (χ1v) is 11.2. The molecule has 0 fully saturated rings. The van der Waals surface area contributed by atoms with Gasteiger partial charge in [0.25, 0.3) is 5.91 Å². The quantitative estimate of drug-likeness (QED) is 0.474. The van der Waals surface area contributed by atoms with E-state index in [4.69, 9.17) is 0 Å². The molecule has 2 aromatic heterocycles. The van der Waals surface area contributed by atoms with Crippen LogP contribution in [0.3, 0.4) is 0 Å². The van der Waals surface area contributed by atoms with E-state index in [9.17, 15) is 9.90 Å². The monoisotopic (exact) mass is 444 g/mol. The Morgan fingerprint density at radius 1 is 1.22 bits per heavy atom. The maximum absolute atomic E-state index is 12.4. The molecule has 0 aliphatic heterocycles. The average Bonchev–Trinajstić information content (AvgIpc) is 3.11. The Hall–Kier alpha value is -3.55. The highest BCUT2D eigenvalue weighted by Crippen LogP contribution is 2.28. The predicted octanol–water partition coefficient (Wildman–Crippen LogP) is 5.06. The van der Waals surface area contributed by atoms with Crippen molar-refractivity contribution in [2.75, 3.05) is 5.32 Å². The molecule has 6 nitrogen and oxygen atoms in total. The van der Waals surface area contributed by atoms with Gasteiger partial charge in [-0.1, -0.05) is 36.4 Å². The number of hydrogen-bond acceptors (Lipinski definition) is 6. The second-order valence-electron chi connectivity index (χ2n) is 7.33. The third kappa shape index (κ3) is 5.57. The molecule has 3 N–H and O–H groups in total. The molecule has 1 aliphatic rings. The topological polar surface area (TPSA) is 87.1 Å². The van der Waals surface area contributed by atoms with Crippen LogP contribution in [0.25, 0.3) is 10.6 Å². The number of allylic oxidation sites excluding steroid dienone is 4. The van der Waals surface area contributed by atoms with Crippen molar-refractivity contribution in [1.82, 2.24) is 15.3 Å². The maximum atomic E-state index is 12.4. The molecular weight excluding hydrogens is 420 g/mol. The Kier molecular flexibility index (Phi) is 6.89. The fourth-order valence-corrected chi connectivity index (χ4v) is 4.09. The van der Waals surface area contributed by atoms with Gasteiger partial charge in [0.2, 0.25) is 5.95 Å². The van der Waals surface area contributed by atoms with E-state index in [-0.39, 0.29) is 5.91 Å². The summed E-state index contributed by atoms with van der Waals surface area (Å²) < 4.78 is 0. The number of carbonyl (C=O) groups is 1. The molecule has 162 valence electrons. The van der Waals surface area contributed by atoms with Crippen molar-refractivity contribution < 1.29 is 9.90 Å². The largest absolute Gasteiger partial charge is 0.389 e. The Balaban J connectivity index is 1.42. The van der Waals surface area contributed by atoms with Crippen molar-refractivity contribution >= 4 is 28.9 Å². The predicted molar refractivity (Wildman–Crippen MR) is 129 cm³/mol. The van der Waals surface area contributed by atoms with Crippen molar-refractivity contribution in [3.8, 4) is 10.6 Å². The molecule has 0 radical (unpaired) electrons. The molecule has 4 rings (SSSR count). The van der Waals surface area contributed by atoms with Gasteiger partial charge in [-0.2, -0.15) is 0 Å². The van der Waals surface area contributed by atoms with Gasteiger partial charge in [0, 0.05) is 22.3 Å². The average molecular weight is 445 g/mol. The highest BCUT2D eigenvalue weighted by atomic mass is 32.1. The van der Waals surface area contributed by atoms with Gasteiger partial charge in [-0.3, -0.25) is 4.79 Å². The summed E-state index contributed by atoms with van der Waals surface area (Å²) in [4.78, 5) is 23.3. The zero-order valence-corrected chi connectivity index (χ0v) is 18.5. The van der Waals surface area contributed by atoms with Crippen molar-refractivity contribution in [2.45, 2.75) is 26.0 Å². The van der Waals surface area contributed by atoms with Gasteiger partial charge >= 0.3 is 0 Å². The molecule has 7 heteroatoms. The van der Waals surface area contributed by atoms with Crippen molar-refractivity contribution in [3.63, 3.8) is 0 Å². The molecule has 1 aromatic carbocycles.